The molecule has 1 rings (SSSR count). The molecule has 15 heavy (non-hydrogen) atoms. The van der Waals surface area contributed by atoms with Gasteiger partial charge in [0.2, 0.25) is 0 Å². The van der Waals surface area contributed by atoms with E-state index >= 15 is 0 Å². The van der Waals surface area contributed by atoms with Crippen molar-refractivity contribution in [2.45, 2.75) is 32.8 Å². The number of nitrogens with one attached hydrogen (secondary N) is 1. The first kappa shape index (κ1) is 12.0. The zero-order valence-corrected chi connectivity index (χ0v) is 9.47. The largest absolute Gasteiger partial charge is 0.390 e. The second-order valence-corrected chi connectivity index (χ2v) is 4.45. The van der Waals surface area contributed by atoms with Crippen molar-refractivity contribution in [2.75, 3.05) is 11.9 Å². The van der Waals surface area contributed by atoms with E-state index in [0.717, 1.165) is 11.3 Å². The van der Waals surface area contributed by atoms with Gasteiger partial charge in [-0.05, 0) is 51.0 Å². The van der Waals surface area contributed by atoms with E-state index in [1.807, 2.05) is 6.92 Å². The summed E-state index contributed by atoms with van der Waals surface area (Å²) in [6.07, 6.45) is 0.657. The van der Waals surface area contributed by atoms with Crippen LogP contribution in [0.5, 0.6) is 0 Å². The van der Waals surface area contributed by atoms with E-state index in [0.29, 0.717) is 13.0 Å². The van der Waals surface area contributed by atoms with Crippen molar-refractivity contribution in [3.63, 3.8) is 0 Å². The van der Waals surface area contributed by atoms with Crippen LogP contribution in [-0.4, -0.2) is 17.3 Å². The molecule has 1 aromatic carbocycles. The molecule has 0 aliphatic carbocycles. The van der Waals surface area contributed by atoms with Gasteiger partial charge in [-0.1, -0.05) is 0 Å². The lowest BCUT2D eigenvalue weighted by Crippen LogP contribution is -2.22. The molecule has 3 heteroatoms. The Bertz CT molecular complexity index is 331. The third kappa shape index (κ3) is 4.30. The van der Waals surface area contributed by atoms with Gasteiger partial charge in [0.15, 0.2) is 0 Å². The summed E-state index contributed by atoms with van der Waals surface area (Å²) in [5.74, 6) is -0.222. The number of halogens is 1. The van der Waals surface area contributed by atoms with Gasteiger partial charge in [-0.3, -0.25) is 0 Å². The topological polar surface area (TPSA) is 32.3 Å². The highest BCUT2D eigenvalue weighted by molar-refractivity contribution is 5.50. The highest BCUT2D eigenvalue weighted by Crippen LogP contribution is 2.16. The lowest BCUT2D eigenvalue weighted by atomic mass is 10.1. The zero-order chi connectivity index (χ0) is 11.5. The number of benzene rings is 1. The molecule has 0 radical (unpaired) electrons. The van der Waals surface area contributed by atoms with Crippen LogP contribution in [0, 0.1) is 12.7 Å². The minimum Gasteiger partial charge on any atom is -0.390 e. The Morgan fingerprint density at radius 2 is 2.07 bits per heavy atom. The molecule has 0 saturated carbocycles. The van der Waals surface area contributed by atoms with Gasteiger partial charge in [0, 0.05) is 12.2 Å². The van der Waals surface area contributed by atoms with E-state index in [4.69, 9.17) is 0 Å². The Balaban J connectivity index is 2.51. The fourth-order valence-electron chi connectivity index (χ4n) is 1.33. The molecular formula is C12H18FNO. The summed E-state index contributed by atoms with van der Waals surface area (Å²) in [5, 5.41) is 12.7. The predicted molar refractivity (Wildman–Crippen MR) is 60.5 cm³/mol. The highest BCUT2D eigenvalue weighted by Gasteiger charge is 2.11. The van der Waals surface area contributed by atoms with Gasteiger partial charge in [0.25, 0.3) is 0 Å². The van der Waals surface area contributed by atoms with E-state index in [2.05, 4.69) is 5.32 Å². The molecule has 0 fully saturated rings. The number of aryl methyl sites for hydroxylation is 1. The minimum absolute atomic E-state index is 0.222. The molecule has 0 aromatic heterocycles. The molecule has 0 atom stereocenters. The summed E-state index contributed by atoms with van der Waals surface area (Å²) in [6.45, 7) is 6.07. The predicted octanol–water partition coefficient (Wildman–Crippen LogP) is 2.71. The maximum Gasteiger partial charge on any atom is 0.123 e. The molecular weight excluding hydrogens is 193 g/mol. The van der Waals surface area contributed by atoms with Crippen LogP contribution in [0.2, 0.25) is 0 Å². The molecule has 2 nitrogen and oxygen atoms in total. The number of rotatable bonds is 4. The van der Waals surface area contributed by atoms with Crippen LogP contribution >= 0.6 is 0 Å². The van der Waals surface area contributed by atoms with Crippen LogP contribution in [0.15, 0.2) is 18.2 Å². The second-order valence-electron chi connectivity index (χ2n) is 4.45. The molecule has 0 heterocycles. The first-order chi connectivity index (χ1) is 6.88. The Morgan fingerprint density at radius 3 is 2.60 bits per heavy atom. The first-order valence-corrected chi connectivity index (χ1v) is 5.11. The number of hydrogen-bond donors (Lipinski definition) is 2. The summed E-state index contributed by atoms with van der Waals surface area (Å²) in [7, 11) is 0. The van der Waals surface area contributed by atoms with Gasteiger partial charge in [0.05, 0.1) is 5.60 Å². The Labute approximate surface area is 90.1 Å². The van der Waals surface area contributed by atoms with E-state index in [-0.39, 0.29) is 5.82 Å². The summed E-state index contributed by atoms with van der Waals surface area (Å²) >= 11 is 0. The fraction of sp³-hybridized carbons (Fsp3) is 0.500. The van der Waals surface area contributed by atoms with Crippen LogP contribution < -0.4 is 5.32 Å². The molecule has 0 aliphatic heterocycles. The summed E-state index contributed by atoms with van der Waals surface area (Å²) in [5.41, 5.74) is 1.13. The average Bonchev–Trinajstić information content (AvgIpc) is 2.07. The van der Waals surface area contributed by atoms with Gasteiger partial charge in [0.1, 0.15) is 5.82 Å². The summed E-state index contributed by atoms with van der Waals surface area (Å²) in [4.78, 5) is 0. The van der Waals surface area contributed by atoms with Crippen molar-refractivity contribution < 1.29 is 9.50 Å². The average molecular weight is 211 g/mol. The van der Waals surface area contributed by atoms with Crippen molar-refractivity contribution in [3.05, 3.63) is 29.6 Å². The number of aliphatic hydroxyl groups is 1. The zero-order valence-electron chi connectivity index (χ0n) is 9.47. The lowest BCUT2D eigenvalue weighted by molar-refractivity contribution is 0.0749. The second kappa shape index (κ2) is 4.62. The maximum absolute atomic E-state index is 12.8. The molecule has 1 aromatic rings. The SMILES string of the molecule is Cc1cc(F)ccc1NCCC(C)(C)O. The van der Waals surface area contributed by atoms with Crippen molar-refractivity contribution in [1.82, 2.24) is 0 Å². The van der Waals surface area contributed by atoms with Crippen LogP contribution in [0.25, 0.3) is 0 Å². The number of hydrogen-bond acceptors (Lipinski definition) is 2. The van der Waals surface area contributed by atoms with Gasteiger partial charge in [-0.25, -0.2) is 4.39 Å². The Hall–Kier alpha value is -1.09. The van der Waals surface area contributed by atoms with E-state index < -0.39 is 5.60 Å². The smallest absolute Gasteiger partial charge is 0.123 e. The molecule has 0 bridgehead atoms. The standard InChI is InChI=1S/C12H18FNO/c1-9-8-10(13)4-5-11(9)14-7-6-12(2,3)15/h4-5,8,14-15H,6-7H2,1-3H3. The van der Waals surface area contributed by atoms with Crippen LogP contribution in [-0.2, 0) is 0 Å². The van der Waals surface area contributed by atoms with Gasteiger partial charge >= 0.3 is 0 Å². The quantitative estimate of drug-likeness (QED) is 0.802. The van der Waals surface area contributed by atoms with Crippen LogP contribution in [0.1, 0.15) is 25.8 Å². The molecule has 0 aliphatic rings. The first-order valence-electron chi connectivity index (χ1n) is 5.11. The molecule has 0 amide bonds. The van der Waals surface area contributed by atoms with Crippen molar-refractivity contribution in [3.8, 4) is 0 Å². The third-order valence-corrected chi connectivity index (χ3v) is 2.24. The maximum atomic E-state index is 12.8. The molecule has 0 unspecified atom stereocenters. The molecule has 0 saturated heterocycles. The summed E-state index contributed by atoms with van der Waals surface area (Å²) in [6, 6.07) is 4.64. The molecule has 84 valence electrons. The van der Waals surface area contributed by atoms with Gasteiger partial charge in [-0.2, -0.15) is 0 Å². The molecule has 0 spiro atoms. The van der Waals surface area contributed by atoms with Gasteiger partial charge in [-0.15, -0.1) is 0 Å². The normalized spacial score (nSPS) is 11.5. The van der Waals surface area contributed by atoms with Crippen molar-refractivity contribution in [2.24, 2.45) is 0 Å². The Morgan fingerprint density at radius 1 is 1.40 bits per heavy atom. The van der Waals surface area contributed by atoms with Gasteiger partial charge < -0.3 is 10.4 Å². The summed E-state index contributed by atoms with van der Waals surface area (Å²) < 4.78 is 12.8. The molecule has 2 N–H and O–H groups in total. The fourth-order valence-corrected chi connectivity index (χ4v) is 1.33. The van der Waals surface area contributed by atoms with Crippen molar-refractivity contribution in [1.29, 1.82) is 0 Å². The van der Waals surface area contributed by atoms with Crippen molar-refractivity contribution >= 4 is 5.69 Å². The monoisotopic (exact) mass is 211 g/mol. The van der Waals surface area contributed by atoms with E-state index in [1.54, 1.807) is 19.9 Å². The number of anilines is 1. The van der Waals surface area contributed by atoms with Crippen LogP contribution in [0.4, 0.5) is 10.1 Å². The highest BCUT2D eigenvalue weighted by atomic mass is 19.1. The van der Waals surface area contributed by atoms with Crippen LogP contribution in [0.3, 0.4) is 0 Å². The lowest BCUT2D eigenvalue weighted by Gasteiger charge is -2.18. The minimum atomic E-state index is -0.666. The Kier molecular flexibility index (Phi) is 3.69. The van der Waals surface area contributed by atoms with E-state index in [1.165, 1.54) is 12.1 Å². The third-order valence-electron chi connectivity index (χ3n) is 2.24. The van der Waals surface area contributed by atoms with E-state index in [9.17, 15) is 9.50 Å².